The van der Waals surface area contributed by atoms with Gasteiger partial charge in [0.15, 0.2) is 0 Å². The number of hydrogen-bond acceptors (Lipinski definition) is 4. The number of nitrogens with one attached hydrogen (secondary N) is 1. The highest BCUT2D eigenvalue weighted by atomic mass is 32.2. The average molecular weight is 488 g/mol. The van der Waals surface area contributed by atoms with Gasteiger partial charge in [-0.05, 0) is 62.8 Å². The van der Waals surface area contributed by atoms with Crippen LogP contribution in [0.4, 0.5) is 13.2 Å². The van der Waals surface area contributed by atoms with E-state index < -0.39 is 21.8 Å². The number of benzene rings is 1. The zero-order valence-electron chi connectivity index (χ0n) is 18.7. The molecule has 1 aromatic carbocycles. The van der Waals surface area contributed by atoms with Gasteiger partial charge in [0.05, 0.1) is 10.5 Å². The zero-order valence-corrected chi connectivity index (χ0v) is 19.5. The fraction of sp³-hybridized carbons (Fsp3) is 0.696. The standard InChI is InChI=1S/C23H32F3N3O3S/c24-23(25,26)18-7-11-21(12-8-18)33(31,32)27-19-9-5-17(6-10-19)22(30)29-15-13-28(14-16-29)20-3-1-2-4-20/h7-8,11-12,17,19-20,27H,1-6,9-10,13-16H2/t17-,19-. The topological polar surface area (TPSA) is 69.7 Å². The fourth-order valence-corrected chi connectivity index (χ4v) is 6.71. The number of halogens is 3. The van der Waals surface area contributed by atoms with E-state index in [9.17, 15) is 26.4 Å². The van der Waals surface area contributed by atoms with Gasteiger partial charge in [-0.2, -0.15) is 13.2 Å². The lowest BCUT2D eigenvalue weighted by Crippen LogP contribution is -2.53. The van der Waals surface area contributed by atoms with Gasteiger partial charge < -0.3 is 4.90 Å². The molecule has 10 heteroatoms. The van der Waals surface area contributed by atoms with Gasteiger partial charge in [0.2, 0.25) is 15.9 Å². The Morgan fingerprint density at radius 3 is 2.00 bits per heavy atom. The van der Waals surface area contributed by atoms with E-state index >= 15 is 0 Å². The molecule has 4 rings (SSSR count). The minimum atomic E-state index is -4.51. The highest BCUT2D eigenvalue weighted by Gasteiger charge is 2.34. The van der Waals surface area contributed by atoms with Crippen molar-refractivity contribution in [2.75, 3.05) is 26.2 Å². The summed E-state index contributed by atoms with van der Waals surface area (Å²) in [6, 6.07) is 3.86. The molecule has 1 N–H and O–H groups in total. The van der Waals surface area contributed by atoms with Gasteiger partial charge in [0.1, 0.15) is 0 Å². The second-order valence-electron chi connectivity index (χ2n) is 9.49. The fourth-order valence-electron chi connectivity index (χ4n) is 5.40. The lowest BCUT2D eigenvalue weighted by atomic mass is 9.85. The molecule has 0 spiro atoms. The maximum Gasteiger partial charge on any atom is 0.416 e. The monoisotopic (exact) mass is 487 g/mol. The van der Waals surface area contributed by atoms with Gasteiger partial charge in [-0.25, -0.2) is 13.1 Å². The molecule has 3 fully saturated rings. The van der Waals surface area contributed by atoms with E-state index in [1.54, 1.807) is 0 Å². The summed E-state index contributed by atoms with van der Waals surface area (Å²) >= 11 is 0. The Kier molecular flexibility index (Phi) is 7.35. The Hall–Kier alpha value is -1.65. The predicted molar refractivity (Wildman–Crippen MR) is 118 cm³/mol. The van der Waals surface area contributed by atoms with E-state index in [1.165, 1.54) is 25.7 Å². The van der Waals surface area contributed by atoms with Crippen molar-refractivity contribution in [3.63, 3.8) is 0 Å². The Morgan fingerprint density at radius 2 is 1.45 bits per heavy atom. The molecule has 184 valence electrons. The first-order valence-corrected chi connectivity index (χ1v) is 13.3. The second-order valence-corrected chi connectivity index (χ2v) is 11.2. The zero-order chi connectivity index (χ0) is 23.6. The van der Waals surface area contributed by atoms with Gasteiger partial charge in [0, 0.05) is 44.2 Å². The molecule has 1 heterocycles. The molecule has 0 radical (unpaired) electrons. The molecule has 1 aliphatic heterocycles. The molecule has 1 amide bonds. The van der Waals surface area contributed by atoms with E-state index in [0.717, 1.165) is 50.4 Å². The molecule has 1 saturated heterocycles. The lowest BCUT2D eigenvalue weighted by Gasteiger charge is -2.40. The number of alkyl halides is 3. The third-order valence-corrected chi connectivity index (χ3v) is 8.89. The van der Waals surface area contributed by atoms with Crippen molar-refractivity contribution in [3.8, 4) is 0 Å². The number of carbonyl (C=O) groups is 1. The van der Waals surface area contributed by atoms with Crippen LogP contribution in [0.1, 0.15) is 56.9 Å². The van der Waals surface area contributed by atoms with Gasteiger partial charge in [-0.3, -0.25) is 9.69 Å². The maximum atomic E-state index is 13.0. The third kappa shape index (κ3) is 5.89. The summed E-state index contributed by atoms with van der Waals surface area (Å²) in [6.07, 6.45) is 2.93. The van der Waals surface area contributed by atoms with E-state index in [-0.39, 0.29) is 22.8 Å². The number of sulfonamides is 1. The Balaban J connectivity index is 1.25. The average Bonchev–Trinajstić information content (AvgIpc) is 3.34. The molecular formula is C23H32F3N3O3S. The van der Waals surface area contributed by atoms with Crippen LogP contribution in [0, 0.1) is 5.92 Å². The van der Waals surface area contributed by atoms with Crippen LogP contribution in [0.5, 0.6) is 0 Å². The van der Waals surface area contributed by atoms with Crippen LogP contribution < -0.4 is 4.72 Å². The van der Waals surface area contributed by atoms with Crippen LogP contribution in [-0.4, -0.2) is 62.4 Å². The largest absolute Gasteiger partial charge is 0.416 e. The molecule has 0 bridgehead atoms. The Bertz CT molecular complexity index is 915. The first-order chi connectivity index (χ1) is 15.6. The summed E-state index contributed by atoms with van der Waals surface area (Å²) in [6.45, 7) is 3.38. The van der Waals surface area contributed by atoms with Gasteiger partial charge in [-0.1, -0.05) is 12.8 Å². The molecule has 33 heavy (non-hydrogen) atoms. The van der Waals surface area contributed by atoms with Gasteiger partial charge >= 0.3 is 6.18 Å². The second kappa shape index (κ2) is 9.92. The highest BCUT2D eigenvalue weighted by molar-refractivity contribution is 7.89. The molecule has 3 aliphatic rings. The minimum Gasteiger partial charge on any atom is -0.340 e. The molecule has 2 saturated carbocycles. The van der Waals surface area contributed by atoms with Crippen molar-refractivity contribution in [2.24, 2.45) is 5.92 Å². The number of piperazine rings is 1. The smallest absolute Gasteiger partial charge is 0.340 e. The lowest BCUT2D eigenvalue weighted by molar-refractivity contribution is -0.139. The van der Waals surface area contributed by atoms with Crippen LogP contribution >= 0.6 is 0 Å². The third-order valence-electron chi connectivity index (χ3n) is 7.36. The summed E-state index contributed by atoms with van der Waals surface area (Å²) in [7, 11) is -3.91. The van der Waals surface area contributed by atoms with E-state index in [0.29, 0.717) is 31.7 Å². The van der Waals surface area contributed by atoms with Crippen LogP contribution in [0.15, 0.2) is 29.2 Å². The molecule has 6 nitrogen and oxygen atoms in total. The van der Waals surface area contributed by atoms with Crippen molar-refractivity contribution in [1.29, 1.82) is 0 Å². The number of rotatable bonds is 5. The SMILES string of the molecule is O=C([C@H]1CC[C@H](NS(=O)(=O)c2ccc(C(F)(F)F)cc2)CC1)N1CCN(C2CCCC2)CC1. The summed E-state index contributed by atoms with van der Waals surface area (Å²) < 4.78 is 65.9. The van der Waals surface area contributed by atoms with E-state index in [1.807, 2.05) is 4.90 Å². The van der Waals surface area contributed by atoms with Crippen LogP contribution in [0.3, 0.4) is 0 Å². The van der Waals surface area contributed by atoms with Crippen molar-refractivity contribution < 1.29 is 26.4 Å². The minimum absolute atomic E-state index is 0.0881. The van der Waals surface area contributed by atoms with Gasteiger partial charge in [-0.15, -0.1) is 0 Å². The maximum absolute atomic E-state index is 13.0. The molecule has 1 aromatic rings. The number of carbonyl (C=O) groups excluding carboxylic acids is 1. The van der Waals surface area contributed by atoms with Crippen molar-refractivity contribution >= 4 is 15.9 Å². The number of nitrogens with zero attached hydrogens (tertiary/aromatic N) is 2. The summed E-state index contributed by atoms with van der Waals surface area (Å²) in [5, 5.41) is 0. The predicted octanol–water partition coefficient (Wildman–Crippen LogP) is 3.63. The number of hydrogen-bond donors (Lipinski definition) is 1. The normalized spacial score (nSPS) is 26.0. The van der Waals surface area contributed by atoms with Crippen LogP contribution in [0.2, 0.25) is 0 Å². The molecule has 0 aromatic heterocycles. The van der Waals surface area contributed by atoms with Crippen molar-refractivity contribution in [3.05, 3.63) is 29.8 Å². The number of amides is 1. The van der Waals surface area contributed by atoms with Gasteiger partial charge in [0.25, 0.3) is 0 Å². The summed E-state index contributed by atoms with van der Waals surface area (Å²) in [5.74, 6) is 0.0833. The highest BCUT2D eigenvalue weighted by Crippen LogP contribution is 2.31. The first kappa shape index (κ1) is 24.5. The van der Waals surface area contributed by atoms with E-state index in [2.05, 4.69) is 9.62 Å². The quantitative estimate of drug-likeness (QED) is 0.689. The summed E-state index contributed by atoms with van der Waals surface area (Å²) in [5.41, 5.74) is -0.885. The molecule has 2 aliphatic carbocycles. The van der Waals surface area contributed by atoms with Crippen molar-refractivity contribution in [1.82, 2.24) is 14.5 Å². The van der Waals surface area contributed by atoms with Crippen LogP contribution in [0.25, 0.3) is 0 Å². The first-order valence-electron chi connectivity index (χ1n) is 11.9. The molecular weight excluding hydrogens is 455 g/mol. The Morgan fingerprint density at radius 1 is 0.879 bits per heavy atom. The Labute approximate surface area is 193 Å². The van der Waals surface area contributed by atoms with Crippen molar-refractivity contribution in [2.45, 2.75) is 74.5 Å². The summed E-state index contributed by atoms with van der Waals surface area (Å²) in [4.78, 5) is 17.3. The van der Waals surface area contributed by atoms with Crippen LogP contribution in [-0.2, 0) is 21.0 Å². The van der Waals surface area contributed by atoms with E-state index in [4.69, 9.17) is 0 Å². The molecule has 0 unspecified atom stereocenters. The molecule has 0 atom stereocenters.